The van der Waals surface area contributed by atoms with Gasteiger partial charge in [0.15, 0.2) is 9.84 Å². The molecule has 0 spiro atoms. The van der Waals surface area contributed by atoms with Crippen LogP contribution in [0.25, 0.3) is 0 Å². The van der Waals surface area contributed by atoms with Gasteiger partial charge in [-0.05, 0) is 13.3 Å². The Bertz CT molecular complexity index is 364. The highest BCUT2D eigenvalue weighted by molar-refractivity contribution is 7.91. The fourth-order valence-corrected chi connectivity index (χ4v) is 3.39. The lowest BCUT2D eigenvalue weighted by Gasteiger charge is -2.22. The third-order valence-electron chi connectivity index (χ3n) is 2.43. The van der Waals surface area contributed by atoms with E-state index in [1.165, 1.54) is 4.90 Å². The summed E-state index contributed by atoms with van der Waals surface area (Å²) < 4.78 is 27.1. The Balaban J connectivity index is 2.56. The fraction of sp³-hybridized carbons (Fsp3) is 0.778. The van der Waals surface area contributed by atoms with E-state index >= 15 is 0 Å². The Labute approximate surface area is 94.5 Å². The Morgan fingerprint density at radius 1 is 1.56 bits per heavy atom. The van der Waals surface area contributed by atoms with Crippen molar-refractivity contribution in [2.24, 2.45) is 0 Å². The summed E-state index contributed by atoms with van der Waals surface area (Å²) >= 11 is 0. The number of sulfone groups is 1. The van der Waals surface area contributed by atoms with Gasteiger partial charge in [-0.1, -0.05) is 0 Å². The van der Waals surface area contributed by atoms with Crippen LogP contribution >= 0.6 is 0 Å². The van der Waals surface area contributed by atoms with Crippen molar-refractivity contribution in [1.82, 2.24) is 4.90 Å². The Hall–Kier alpha value is -1.11. The molecule has 16 heavy (non-hydrogen) atoms. The highest BCUT2D eigenvalue weighted by Crippen LogP contribution is 2.16. The molecular weight excluding hydrogens is 234 g/mol. The second-order valence-electron chi connectivity index (χ2n) is 3.64. The molecule has 1 atom stereocenters. The summed E-state index contributed by atoms with van der Waals surface area (Å²) in [5.74, 6) is -0.505. The van der Waals surface area contributed by atoms with Crippen molar-refractivity contribution in [3.05, 3.63) is 0 Å². The van der Waals surface area contributed by atoms with E-state index in [4.69, 9.17) is 4.74 Å². The molecule has 0 aromatic carbocycles. The van der Waals surface area contributed by atoms with Gasteiger partial charge in [-0.15, -0.1) is 0 Å². The first kappa shape index (κ1) is 13.0. The lowest BCUT2D eigenvalue weighted by atomic mass is 10.2. The number of hydrogen-bond acceptors (Lipinski definition) is 5. The van der Waals surface area contributed by atoms with Crippen molar-refractivity contribution < 1.29 is 22.7 Å². The summed E-state index contributed by atoms with van der Waals surface area (Å²) in [6.45, 7) is 1.73. The molecule has 1 aliphatic heterocycles. The number of rotatable bonds is 5. The van der Waals surface area contributed by atoms with Gasteiger partial charge in [-0.25, -0.2) is 8.42 Å². The molecule has 0 aromatic heterocycles. The van der Waals surface area contributed by atoms with E-state index < -0.39 is 21.8 Å². The number of hydrogen-bond donors (Lipinski definition) is 0. The smallest absolute Gasteiger partial charge is 0.325 e. The minimum Gasteiger partial charge on any atom is -0.465 e. The Morgan fingerprint density at radius 3 is 2.69 bits per heavy atom. The zero-order chi connectivity index (χ0) is 12.2. The minimum atomic E-state index is -3.05. The van der Waals surface area contributed by atoms with Crippen molar-refractivity contribution >= 4 is 22.2 Å². The van der Waals surface area contributed by atoms with Crippen molar-refractivity contribution in [1.29, 1.82) is 0 Å². The van der Waals surface area contributed by atoms with Gasteiger partial charge < -0.3 is 9.64 Å². The molecule has 1 heterocycles. The SMILES string of the molecule is CCOC(=O)CN(C=O)C1CCS(=O)(=O)C1. The molecule has 1 unspecified atom stereocenters. The van der Waals surface area contributed by atoms with E-state index in [0.29, 0.717) is 12.8 Å². The molecule has 0 radical (unpaired) electrons. The zero-order valence-electron chi connectivity index (χ0n) is 9.09. The topological polar surface area (TPSA) is 80.8 Å². The van der Waals surface area contributed by atoms with Gasteiger partial charge >= 0.3 is 5.97 Å². The number of ether oxygens (including phenoxy) is 1. The highest BCUT2D eigenvalue weighted by Gasteiger charge is 2.32. The van der Waals surface area contributed by atoms with Crippen LogP contribution in [0.1, 0.15) is 13.3 Å². The van der Waals surface area contributed by atoms with Crippen molar-refractivity contribution in [3.8, 4) is 0 Å². The lowest BCUT2D eigenvalue weighted by molar-refractivity contribution is -0.147. The first-order valence-corrected chi connectivity index (χ1v) is 6.87. The number of nitrogens with zero attached hydrogens (tertiary/aromatic N) is 1. The number of esters is 1. The molecule has 6 nitrogen and oxygen atoms in total. The number of amides is 1. The van der Waals surface area contributed by atoms with Crippen LogP contribution in [0.2, 0.25) is 0 Å². The van der Waals surface area contributed by atoms with Gasteiger partial charge in [0.1, 0.15) is 6.54 Å². The van der Waals surface area contributed by atoms with Crippen LogP contribution in [0.15, 0.2) is 0 Å². The number of carbonyl (C=O) groups excluding carboxylic acids is 2. The Kier molecular flexibility index (Phi) is 4.28. The molecule has 0 bridgehead atoms. The standard InChI is InChI=1S/C9H15NO5S/c1-2-15-9(12)5-10(7-11)8-3-4-16(13,14)6-8/h7-8H,2-6H2,1H3. The maximum atomic E-state index is 11.2. The van der Waals surface area contributed by atoms with Crippen molar-refractivity contribution in [2.75, 3.05) is 24.7 Å². The van der Waals surface area contributed by atoms with Gasteiger partial charge in [0, 0.05) is 6.04 Å². The van der Waals surface area contributed by atoms with Gasteiger partial charge in [-0.2, -0.15) is 0 Å². The van der Waals surface area contributed by atoms with E-state index in [2.05, 4.69) is 0 Å². The second kappa shape index (κ2) is 5.29. The van der Waals surface area contributed by atoms with Gasteiger partial charge in [-0.3, -0.25) is 9.59 Å². The lowest BCUT2D eigenvalue weighted by Crippen LogP contribution is -2.39. The van der Waals surface area contributed by atoms with Crippen molar-refractivity contribution in [2.45, 2.75) is 19.4 Å². The summed E-state index contributed by atoms with van der Waals surface area (Å²) in [6, 6.07) is -0.396. The summed E-state index contributed by atoms with van der Waals surface area (Å²) in [4.78, 5) is 23.1. The van der Waals surface area contributed by atoms with Crippen LogP contribution in [-0.4, -0.2) is 56.4 Å². The van der Waals surface area contributed by atoms with E-state index in [9.17, 15) is 18.0 Å². The van der Waals surface area contributed by atoms with E-state index in [0.717, 1.165) is 0 Å². The van der Waals surface area contributed by atoms with Crippen LogP contribution in [0.4, 0.5) is 0 Å². The van der Waals surface area contributed by atoms with Crippen LogP contribution in [-0.2, 0) is 24.2 Å². The molecule has 1 amide bonds. The molecule has 1 rings (SSSR count). The largest absolute Gasteiger partial charge is 0.465 e. The summed E-state index contributed by atoms with van der Waals surface area (Å²) in [5, 5.41) is 0. The molecule has 92 valence electrons. The molecule has 1 saturated heterocycles. The molecule has 0 saturated carbocycles. The number of carbonyl (C=O) groups is 2. The summed E-state index contributed by atoms with van der Waals surface area (Å²) in [7, 11) is -3.05. The third kappa shape index (κ3) is 3.48. The van der Waals surface area contributed by atoms with E-state index in [1.807, 2.05) is 0 Å². The van der Waals surface area contributed by atoms with E-state index in [1.54, 1.807) is 6.92 Å². The van der Waals surface area contributed by atoms with Crippen molar-refractivity contribution in [3.63, 3.8) is 0 Å². The molecule has 1 aliphatic rings. The van der Waals surface area contributed by atoms with Crippen LogP contribution in [0.5, 0.6) is 0 Å². The quantitative estimate of drug-likeness (QED) is 0.470. The van der Waals surface area contributed by atoms with Gasteiger partial charge in [0.05, 0.1) is 18.1 Å². The third-order valence-corrected chi connectivity index (χ3v) is 4.18. The predicted molar refractivity (Wildman–Crippen MR) is 56.5 cm³/mol. The first-order chi connectivity index (χ1) is 7.48. The minimum absolute atomic E-state index is 0.0643. The molecule has 7 heteroatoms. The van der Waals surface area contributed by atoms with Gasteiger partial charge in [0.25, 0.3) is 0 Å². The molecule has 0 N–H and O–H groups in total. The predicted octanol–water partition coefficient (Wildman–Crippen LogP) is -0.805. The summed E-state index contributed by atoms with van der Waals surface area (Å²) in [6.07, 6.45) is 0.892. The second-order valence-corrected chi connectivity index (χ2v) is 5.87. The highest BCUT2D eigenvalue weighted by atomic mass is 32.2. The maximum absolute atomic E-state index is 11.2. The molecule has 0 aromatic rings. The Morgan fingerprint density at radius 2 is 2.25 bits per heavy atom. The maximum Gasteiger partial charge on any atom is 0.325 e. The van der Waals surface area contributed by atoms with E-state index in [-0.39, 0.29) is 24.7 Å². The fourth-order valence-electron chi connectivity index (χ4n) is 1.65. The summed E-state index contributed by atoms with van der Waals surface area (Å²) in [5.41, 5.74) is 0. The first-order valence-electron chi connectivity index (χ1n) is 5.05. The molecule has 1 fully saturated rings. The van der Waals surface area contributed by atoms with Gasteiger partial charge in [0.2, 0.25) is 6.41 Å². The van der Waals surface area contributed by atoms with Crippen LogP contribution in [0, 0.1) is 0 Å². The zero-order valence-corrected chi connectivity index (χ0v) is 9.90. The normalized spacial score (nSPS) is 22.7. The van der Waals surface area contributed by atoms with Crippen LogP contribution in [0.3, 0.4) is 0 Å². The molecule has 0 aliphatic carbocycles. The average Bonchev–Trinajstić information content (AvgIpc) is 2.55. The average molecular weight is 249 g/mol. The monoisotopic (exact) mass is 249 g/mol. The van der Waals surface area contributed by atoms with Crippen LogP contribution < -0.4 is 0 Å². The molecular formula is C9H15NO5S.